The molecule has 2 N–H and O–H groups in total. The van der Waals surface area contributed by atoms with Crippen molar-refractivity contribution in [2.75, 3.05) is 39.1 Å². The molecule has 0 atom stereocenters. The maximum Gasteiger partial charge on any atom is 0.215 e. The van der Waals surface area contributed by atoms with Gasteiger partial charge in [0, 0.05) is 26.7 Å². The lowest BCUT2D eigenvalue weighted by atomic mass is 10.2. The quantitative estimate of drug-likeness (QED) is 0.640. The highest BCUT2D eigenvalue weighted by molar-refractivity contribution is 7.89. The molecule has 0 heterocycles. The second-order valence-electron chi connectivity index (χ2n) is 3.85. The third kappa shape index (κ3) is 6.09. The Balaban J connectivity index is 4.46. The molecule has 0 aliphatic rings. The van der Waals surface area contributed by atoms with E-state index < -0.39 is 10.0 Å². The number of nitrogens with zero attached hydrogens (tertiary/aromatic N) is 1. The molecule has 0 unspecified atom stereocenters. The summed E-state index contributed by atoms with van der Waals surface area (Å²) in [4.78, 5) is 0. The molecule has 0 saturated carbocycles. The third-order valence-corrected chi connectivity index (χ3v) is 3.75. The fourth-order valence-electron chi connectivity index (χ4n) is 1.22. The summed E-state index contributed by atoms with van der Waals surface area (Å²) < 4.78 is 29.9. The summed E-state index contributed by atoms with van der Waals surface area (Å²) in [5.41, 5.74) is 5.27. The van der Waals surface area contributed by atoms with E-state index in [1.54, 1.807) is 7.11 Å². The third-order valence-electron chi connectivity index (χ3n) is 1.88. The van der Waals surface area contributed by atoms with Crippen LogP contribution in [0.2, 0.25) is 0 Å². The summed E-state index contributed by atoms with van der Waals surface area (Å²) in [5.74, 6) is 0.304. The minimum absolute atomic E-state index is 0.00341. The highest BCUT2D eigenvalue weighted by Crippen LogP contribution is 2.05. The van der Waals surface area contributed by atoms with Crippen molar-refractivity contribution in [1.82, 2.24) is 4.31 Å². The predicted molar refractivity (Wildman–Crippen MR) is 61.1 cm³/mol. The van der Waals surface area contributed by atoms with Gasteiger partial charge in [-0.15, -0.1) is 0 Å². The molecule has 0 saturated heterocycles. The molecule has 0 spiro atoms. The van der Waals surface area contributed by atoms with Crippen LogP contribution in [0.1, 0.15) is 13.8 Å². The molecule has 0 aliphatic carbocycles. The van der Waals surface area contributed by atoms with Crippen LogP contribution in [-0.2, 0) is 14.8 Å². The van der Waals surface area contributed by atoms with Crippen LogP contribution in [0.25, 0.3) is 0 Å². The smallest absolute Gasteiger partial charge is 0.215 e. The van der Waals surface area contributed by atoms with E-state index in [4.69, 9.17) is 10.5 Å². The summed E-state index contributed by atoms with van der Waals surface area (Å²) in [6.45, 7) is 5.46. The maximum absolute atomic E-state index is 11.8. The normalized spacial score (nSPS) is 12.7. The number of ether oxygens (including phenoxy) is 1. The fourth-order valence-corrected chi connectivity index (χ4v) is 2.66. The summed E-state index contributed by atoms with van der Waals surface area (Å²) >= 11 is 0. The zero-order valence-electron chi connectivity index (χ0n) is 9.77. The maximum atomic E-state index is 11.8. The molecule has 6 heteroatoms. The Morgan fingerprint density at radius 3 is 2.40 bits per heavy atom. The second kappa shape index (κ2) is 7.16. The van der Waals surface area contributed by atoms with Gasteiger partial charge in [-0.3, -0.25) is 0 Å². The molecule has 0 aromatic rings. The van der Waals surface area contributed by atoms with E-state index in [0.29, 0.717) is 25.6 Å². The number of hydrogen-bond donors (Lipinski definition) is 1. The van der Waals surface area contributed by atoms with Crippen molar-refractivity contribution in [1.29, 1.82) is 0 Å². The van der Waals surface area contributed by atoms with E-state index in [0.717, 1.165) is 0 Å². The van der Waals surface area contributed by atoms with Gasteiger partial charge >= 0.3 is 0 Å². The van der Waals surface area contributed by atoms with Crippen LogP contribution >= 0.6 is 0 Å². The van der Waals surface area contributed by atoms with Crippen LogP contribution in [0.5, 0.6) is 0 Å². The van der Waals surface area contributed by atoms with Gasteiger partial charge in [-0.25, -0.2) is 8.42 Å². The molecule has 92 valence electrons. The minimum atomic E-state index is -3.21. The van der Waals surface area contributed by atoms with Gasteiger partial charge in [-0.2, -0.15) is 4.31 Å². The molecule has 15 heavy (non-hydrogen) atoms. The van der Waals surface area contributed by atoms with Gasteiger partial charge in [0.25, 0.3) is 0 Å². The molecule has 5 nitrogen and oxygen atoms in total. The van der Waals surface area contributed by atoms with Crippen LogP contribution in [0.4, 0.5) is 0 Å². The second-order valence-corrected chi connectivity index (χ2v) is 5.94. The first kappa shape index (κ1) is 14.8. The number of nitrogens with two attached hydrogens (primary N) is 1. The van der Waals surface area contributed by atoms with Gasteiger partial charge in [0.05, 0.1) is 12.4 Å². The van der Waals surface area contributed by atoms with Crippen LogP contribution in [-0.4, -0.2) is 51.8 Å². The van der Waals surface area contributed by atoms with E-state index in [1.165, 1.54) is 4.31 Å². The van der Waals surface area contributed by atoms with Crippen molar-refractivity contribution in [2.24, 2.45) is 11.7 Å². The zero-order chi connectivity index (χ0) is 11.9. The van der Waals surface area contributed by atoms with E-state index >= 15 is 0 Å². The van der Waals surface area contributed by atoms with Crippen molar-refractivity contribution in [3.8, 4) is 0 Å². The predicted octanol–water partition coefficient (Wildman–Crippen LogP) is -0.121. The van der Waals surface area contributed by atoms with Crippen molar-refractivity contribution >= 4 is 10.0 Å². The fraction of sp³-hybridized carbons (Fsp3) is 1.00. The van der Waals surface area contributed by atoms with Crippen molar-refractivity contribution in [3.05, 3.63) is 0 Å². The molecule has 0 aliphatic heterocycles. The average molecular weight is 238 g/mol. The topological polar surface area (TPSA) is 72.6 Å². The first-order valence-corrected chi connectivity index (χ1v) is 6.71. The number of methoxy groups -OCH3 is 1. The first-order chi connectivity index (χ1) is 6.94. The Bertz CT molecular complexity index is 252. The number of rotatable bonds is 8. The van der Waals surface area contributed by atoms with Crippen molar-refractivity contribution in [2.45, 2.75) is 13.8 Å². The van der Waals surface area contributed by atoms with E-state index in [-0.39, 0.29) is 12.3 Å². The van der Waals surface area contributed by atoms with Crippen LogP contribution < -0.4 is 5.73 Å². The molecule has 0 radical (unpaired) electrons. The molecule has 0 fully saturated rings. The monoisotopic (exact) mass is 238 g/mol. The summed E-state index contributed by atoms with van der Waals surface area (Å²) in [5, 5.41) is 0. The van der Waals surface area contributed by atoms with Gasteiger partial charge in [-0.1, -0.05) is 13.8 Å². The Labute approximate surface area is 92.6 Å². The van der Waals surface area contributed by atoms with Crippen molar-refractivity contribution in [3.63, 3.8) is 0 Å². The van der Waals surface area contributed by atoms with Gasteiger partial charge in [0.15, 0.2) is 0 Å². The Kier molecular flexibility index (Phi) is 7.08. The van der Waals surface area contributed by atoms with Gasteiger partial charge in [0.2, 0.25) is 10.0 Å². The summed E-state index contributed by atoms with van der Waals surface area (Å²) in [6, 6.07) is 0. The summed E-state index contributed by atoms with van der Waals surface area (Å²) in [6.07, 6.45) is 0. The lowest BCUT2D eigenvalue weighted by Gasteiger charge is -2.23. The highest BCUT2D eigenvalue weighted by Gasteiger charge is 2.21. The lowest BCUT2D eigenvalue weighted by molar-refractivity contribution is 0.175. The molecule has 0 bridgehead atoms. The Hall–Kier alpha value is -0.170. The summed E-state index contributed by atoms with van der Waals surface area (Å²) in [7, 11) is -1.65. The minimum Gasteiger partial charge on any atom is -0.383 e. The van der Waals surface area contributed by atoms with E-state index in [1.807, 2.05) is 13.8 Å². The van der Waals surface area contributed by atoms with E-state index in [2.05, 4.69) is 0 Å². The van der Waals surface area contributed by atoms with E-state index in [9.17, 15) is 8.42 Å². The van der Waals surface area contributed by atoms with Gasteiger partial charge in [-0.05, 0) is 5.92 Å². The Morgan fingerprint density at radius 1 is 1.40 bits per heavy atom. The highest BCUT2D eigenvalue weighted by atomic mass is 32.2. The average Bonchev–Trinajstić information content (AvgIpc) is 2.11. The molecule has 0 rings (SSSR count). The van der Waals surface area contributed by atoms with Crippen LogP contribution in [0.3, 0.4) is 0 Å². The molecular weight excluding hydrogens is 216 g/mol. The standard InChI is InChI=1S/C9H22N2O3S/c1-9(2)8-11(5-6-14-3)15(12,13)7-4-10/h9H,4-8,10H2,1-3H3. The molecule has 0 aromatic heterocycles. The zero-order valence-corrected chi connectivity index (χ0v) is 10.6. The van der Waals surface area contributed by atoms with Crippen LogP contribution in [0.15, 0.2) is 0 Å². The van der Waals surface area contributed by atoms with Crippen molar-refractivity contribution < 1.29 is 13.2 Å². The van der Waals surface area contributed by atoms with Crippen LogP contribution in [0, 0.1) is 5.92 Å². The molecular formula is C9H22N2O3S. The number of sulfonamides is 1. The first-order valence-electron chi connectivity index (χ1n) is 5.11. The Morgan fingerprint density at radius 2 is 2.00 bits per heavy atom. The largest absolute Gasteiger partial charge is 0.383 e. The molecule has 0 aromatic carbocycles. The van der Waals surface area contributed by atoms with Gasteiger partial charge in [0.1, 0.15) is 0 Å². The van der Waals surface area contributed by atoms with Gasteiger partial charge < -0.3 is 10.5 Å². The number of hydrogen-bond acceptors (Lipinski definition) is 4. The lowest BCUT2D eigenvalue weighted by Crippen LogP contribution is -2.39. The SMILES string of the molecule is COCCN(CC(C)C)S(=O)(=O)CCN. The molecule has 0 amide bonds.